The van der Waals surface area contributed by atoms with Gasteiger partial charge in [-0.15, -0.1) is 0 Å². The second-order valence-corrected chi connectivity index (χ2v) is 10.4. The molecule has 0 aromatic heterocycles. The van der Waals surface area contributed by atoms with Gasteiger partial charge in [0.15, 0.2) is 6.73 Å². The van der Waals surface area contributed by atoms with Crippen LogP contribution in [0.15, 0.2) is 84.9 Å². The van der Waals surface area contributed by atoms with E-state index < -0.39 is 0 Å². The number of fused-ring (bicyclic) bond motifs is 3. The molecule has 5 nitrogen and oxygen atoms in total. The molecule has 2 aliphatic heterocycles. The Hall–Kier alpha value is -3.83. The number of piperidine rings is 1. The number of benzene rings is 4. The van der Waals surface area contributed by atoms with Gasteiger partial charge in [-0.05, 0) is 84.6 Å². The Morgan fingerprint density at radius 1 is 0.946 bits per heavy atom. The quantitative estimate of drug-likeness (QED) is 0.338. The summed E-state index contributed by atoms with van der Waals surface area (Å²) in [6.45, 7) is 6.83. The summed E-state index contributed by atoms with van der Waals surface area (Å²) in [7, 11) is 0. The van der Waals surface area contributed by atoms with Gasteiger partial charge < -0.3 is 15.0 Å². The number of nitrogens with zero attached hydrogens (tertiary/aromatic N) is 2. The zero-order valence-corrected chi connectivity index (χ0v) is 21.3. The van der Waals surface area contributed by atoms with Crippen molar-refractivity contribution in [1.82, 2.24) is 4.90 Å². The van der Waals surface area contributed by atoms with Crippen molar-refractivity contribution in [2.24, 2.45) is 5.92 Å². The van der Waals surface area contributed by atoms with Crippen molar-refractivity contribution in [2.45, 2.75) is 32.9 Å². The Labute approximate surface area is 218 Å². The fraction of sp³-hybridized carbons (Fsp3) is 0.281. The fourth-order valence-corrected chi connectivity index (χ4v) is 5.38. The minimum absolute atomic E-state index is 0.108. The molecule has 37 heavy (non-hydrogen) atoms. The maximum Gasteiger partial charge on any atom is 0.255 e. The molecule has 0 spiro atoms. The Bertz CT molecular complexity index is 1410. The molecule has 0 atom stereocenters. The van der Waals surface area contributed by atoms with E-state index in [2.05, 4.69) is 70.6 Å². The van der Waals surface area contributed by atoms with Crippen LogP contribution in [-0.2, 0) is 13.1 Å². The van der Waals surface area contributed by atoms with Gasteiger partial charge in [-0.1, -0.05) is 55.5 Å². The van der Waals surface area contributed by atoms with Crippen LogP contribution in [0.3, 0.4) is 0 Å². The monoisotopic (exact) mass is 491 g/mol. The normalized spacial score (nSPS) is 16.3. The van der Waals surface area contributed by atoms with Crippen LogP contribution >= 0.6 is 0 Å². The molecule has 1 fully saturated rings. The SMILES string of the molecule is CC1CCN(Cc2ccc(NC(=O)c3cccc(N4COc5ccc6ccccc6c5C4)c3)cc2)CC1. The van der Waals surface area contributed by atoms with Crippen molar-refractivity contribution < 1.29 is 9.53 Å². The van der Waals surface area contributed by atoms with E-state index in [0.29, 0.717) is 12.3 Å². The molecule has 188 valence electrons. The van der Waals surface area contributed by atoms with E-state index in [9.17, 15) is 4.79 Å². The number of ether oxygens (including phenoxy) is 1. The number of hydrogen-bond acceptors (Lipinski definition) is 4. The lowest BCUT2D eigenvalue weighted by molar-refractivity contribution is 0.102. The maximum atomic E-state index is 13.1. The zero-order chi connectivity index (χ0) is 25.2. The Kier molecular flexibility index (Phi) is 6.54. The molecule has 6 rings (SSSR count). The van der Waals surface area contributed by atoms with E-state index in [1.165, 1.54) is 47.8 Å². The first kappa shape index (κ1) is 23.6. The predicted octanol–water partition coefficient (Wildman–Crippen LogP) is 6.68. The lowest BCUT2D eigenvalue weighted by Gasteiger charge is -2.31. The van der Waals surface area contributed by atoms with Crippen molar-refractivity contribution in [2.75, 3.05) is 30.0 Å². The van der Waals surface area contributed by atoms with Crippen LogP contribution in [0.1, 0.15) is 41.3 Å². The largest absolute Gasteiger partial charge is 0.473 e. The minimum atomic E-state index is -0.108. The van der Waals surface area contributed by atoms with Crippen LogP contribution in [0, 0.1) is 5.92 Å². The summed E-state index contributed by atoms with van der Waals surface area (Å²) in [4.78, 5) is 17.8. The summed E-state index contributed by atoms with van der Waals surface area (Å²) in [5, 5.41) is 5.47. The van der Waals surface area contributed by atoms with Gasteiger partial charge in [0.2, 0.25) is 0 Å². The fourth-order valence-electron chi connectivity index (χ4n) is 5.38. The standard InChI is InChI=1S/C32H33N3O2/c1-23-15-17-34(18-16-23)20-24-9-12-27(13-10-24)33-32(36)26-6-4-7-28(19-26)35-21-30-29-8-3-2-5-25(29)11-14-31(30)37-22-35/h2-14,19,23H,15-18,20-22H2,1H3,(H,33,36). The highest BCUT2D eigenvalue weighted by Gasteiger charge is 2.21. The van der Waals surface area contributed by atoms with Gasteiger partial charge in [-0.25, -0.2) is 0 Å². The van der Waals surface area contributed by atoms with E-state index in [4.69, 9.17) is 4.74 Å². The number of hydrogen-bond donors (Lipinski definition) is 1. The highest BCUT2D eigenvalue weighted by Crippen LogP contribution is 2.34. The molecule has 2 aliphatic rings. The van der Waals surface area contributed by atoms with Gasteiger partial charge in [-0.3, -0.25) is 9.69 Å². The molecule has 2 heterocycles. The number of anilines is 2. The van der Waals surface area contributed by atoms with E-state index in [1.807, 2.05) is 36.4 Å². The Morgan fingerprint density at radius 3 is 2.59 bits per heavy atom. The van der Waals surface area contributed by atoms with Crippen LogP contribution in [0.5, 0.6) is 5.75 Å². The van der Waals surface area contributed by atoms with Crippen LogP contribution in [0.2, 0.25) is 0 Å². The van der Waals surface area contributed by atoms with Crippen LogP contribution in [0.25, 0.3) is 10.8 Å². The summed E-state index contributed by atoms with van der Waals surface area (Å²) >= 11 is 0. The first-order valence-corrected chi connectivity index (χ1v) is 13.2. The van der Waals surface area contributed by atoms with Gasteiger partial charge in [0.05, 0.1) is 6.54 Å². The summed E-state index contributed by atoms with van der Waals surface area (Å²) in [5.41, 5.74) is 4.88. The first-order chi connectivity index (χ1) is 18.1. The van der Waals surface area contributed by atoms with Gasteiger partial charge in [0.1, 0.15) is 5.75 Å². The third kappa shape index (κ3) is 5.18. The minimum Gasteiger partial charge on any atom is -0.473 e. The molecule has 0 saturated carbocycles. The molecule has 1 amide bonds. The van der Waals surface area contributed by atoms with Gasteiger partial charge in [-0.2, -0.15) is 0 Å². The number of carbonyl (C=O) groups is 1. The number of likely N-dealkylation sites (tertiary alicyclic amines) is 1. The summed E-state index contributed by atoms with van der Waals surface area (Å²) in [5.74, 6) is 1.66. The highest BCUT2D eigenvalue weighted by molar-refractivity contribution is 6.04. The van der Waals surface area contributed by atoms with E-state index >= 15 is 0 Å². The molecule has 5 heteroatoms. The van der Waals surface area contributed by atoms with Crippen LogP contribution in [-0.4, -0.2) is 30.6 Å². The van der Waals surface area contributed by atoms with Crippen molar-refractivity contribution in [3.05, 3.63) is 102 Å². The highest BCUT2D eigenvalue weighted by atomic mass is 16.5. The summed E-state index contributed by atoms with van der Waals surface area (Å²) < 4.78 is 6.09. The Balaban J connectivity index is 1.12. The number of carbonyl (C=O) groups excluding carboxylic acids is 1. The van der Waals surface area contributed by atoms with Crippen LogP contribution in [0.4, 0.5) is 11.4 Å². The lowest BCUT2D eigenvalue weighted by Crippen LogP contribution is -2.32. The summed E-state index contributed by atoms with van der Waals surface area (Å²) in [6, 6.07) is 28.6. The average molecular weight is 492 g/mol. The third-order valence-electron chi connectivity index (χ3n) is 7.69. The van der Waals surface area contributed by atoms with E-state index in [1.54, 1.807) is 0 Å². The molecule has 1 N–H and O–H groups in total. The van der Waals surface area contributed by atoms with Crippen LogP contribution < -0.4 is 15.0 Å². The molecule has 0 bridgehead atoms. The smallest absolute Gasteiger partial charge is 0.255 e. The molecular formula is C32H33N3O2. The Morgan fingerprint density at radius 2 is 1.76 bits per heavy atom. The van der Waals surface area contributed by atoms with Crippen molar-refractivity contribution in [1.29, 1.82) is 0 Å². The maximum absolute atomic E-state index is 13.1. The average Bonchev–Trinajstić information content (AvgIpc) is 2.95. The van der Waals surface area contributed by atoms with Crippen molar-refractivity contribution in [3.8, 4) is 5.75 Å². The number of nitrogens with one attached hydrogen (secondary N) is 1. The lowest BCUT2D eigenvalue weighted by atomic mass is 9.99. The first-order valence-electron chi connectivity index (χ1n) is 13.2. The topological polar surface area (TPSA) is 44.8 Å². The zero-order valence-electron chi connectivity index (χ0n) is 21.3. The molecule has 4 aromatic carbocycles. The van der Waals surface area contributed by atoms with Gasteiger partial charge in [0.25, 0.3) is 5.91 Å². The second-order valence-electron chi connectivity index (χ2n) is 10.4. The van der Waals surface area contributed by atoms with E-state index in [-0.39, 0.29) is 5.91 Å². The molecular weight excluding hydrogens is 458 g/mol. The molecule has 0 aliphatic carbocycles. The molecule has 1 saturated heterocycles. The van der Waals surface area contributed by atoms with Crippen molar-refractivity contribution in [3.63, 3.8) is 0 Å². The molecule has 0 unspecified atom stereocenters. The number of amides is 1. The second kappa shape index (κ2) is 10.3. The third-order valence-corrected chi connectivity index (χ3v) is 7.69. The molecule has 0 radical (unpaired) electrons. The van der Waals surface area contributed by atoms with Crippen molar-refractivity contribution >= 4 is 28.1 Å². The van der Waals surface area contributed by atoms with E-state index in [0.717, 1.165) is 36.1 Å². The number of rotatable bonds is 5. The summed E-state index contributed by atoms with van der Waals surface area (Å²) in [6.07, 6.45) is 2.56. The van der Waals surface area contributed by atoms with Gasteiger partial charge >= 0.3 is 0 Å². The predicted molar refractivity (Wildman–Crippen MR) is 150 cm³/mol. The van der Waals surface area contributed by atoms with Gasteiger partial charge in [0, 0.05) is 29.0 Å². The molecule has 4 aromatic rings.